The topological polar surface area (TPSA) is 107 Å². The molecule has 140 valence electrons. The average Bonchev–Trinajstić information content (AvgIpc) is 3.50. The van der Waals surface area contributed by atoms with Crippen LogP contribution in [0.4, 0.5) is 0 Å². The lowest BCUT2D eigenvalue weighted by molar-refractivity contribution is -0.125. The van der Waals surface area contributed by atoms with Crippen molar-refractivity contribution >= 4 is 11.9 Å². The van der Waals surface area contributed by atoms with Crippen LogP contribution in [0, 0.1) is 17.2 Å². The Morgan fingerprint density at radius 2 is 1.77 bits per heavy atom. The molecule has 0 heterocycles. The lowest BCUT2D eigenvalue weighted by atomic mass is 9.98. The summed E-state index contributed by atoms with van der Waals surface area (Å²) in [7, 11) is 4.32. The van der Waals surface area contributed by atoms with E-state index in [0.29, 0.717) is 17.2 Å². The Hall–Kier alpha value is -2.95. The number of nitriles is 1. The highest BCUT2D eigenvalue weighted by molar-refractivity contribution is 5.93. The number of hydrogen-bond donors (Lipinski definition) is 1. The molecule has 8 heteroatoms. The molecule has 1 aromatic carbocycles. The van der Waals surface area contributed by atoms with Crippen molar-refractivity contribution in [2.45, 2.75) is 25.3 Å². The first-order valence-corrected chi connectivity index (χ1v) is 8.08. The van der Waals surface area contributed by atoms with E-state index in [1.807, 2.05) is 0 Å². The normalized spacial score (nSPS) is 15.2. The maximum Gasteiger partial charge on any atom is 0.338 e. The Kier molecular flexibility index (Phi) is 5.93. The monoisotopic (exact) mass is 362 g/mol. The number of nitrogens with one attached hydrogen (secondary N) is 1. The van der Waals surface area contributed by atoms with Gasteiger partial charge in [-0.3, -0.25) is 4.79 Å². The van der Waals surface area contributed by atoms with Crippen molar-refractivity contribution in [2.24, 2.45) is 5.92 Å². The van der Waals surface area contributed by atoms with Gasteiger partial charge in [0.1, 0.15) is 5.54 Å². The Labute approximate surface area is 152 Å². The predicted molar refractivity (Wildman–Crippen MR) is 91.3 cm³/mol. The molecule has 0 aromatic heterocycles. The summed E-state index contributed by atoms with van der Waals surface area (Å²) in [6.07, 6.45) is 1.80. The first kappa shape index (κ1) is 19.4. The summed E-state index contributed by atoms with van der Waals surface area (Å²) in [5, 5.41) is 11.9. The van der Waals surface area contributed by atoms with Gasteiger partial charge in [-0.1, -0.05) is 0 Å². The third-order valence-electron chi connectivity index (χ3n) is 4.26. The van der Waals surface area contributed by atoms with Gasteiger partial charge in [-0.05, 0) is 37.8 Å². The number of ether oxygens (including phenoxy) is 4. The third kappa shape index (κ3) is 4.17. The Morgan fingerprint density at radius 1 is 1.19 bits per heavy atom. The van der Waals surface area contributed by atoms with Gasteiger partial charge in [-0.15, -0.1) is 0 Å². The van der Waals surface area contributed by atoms with Crippen molar-refractivity contribution in [3.8, 4) is 23.3 Å². The lowest BCUT2D eigenvalue weighted by Gasteiger charge is -2.22. The van der Waals surface area contributed by atoms with Gasteiger partial charge in [0, 0.05) is 0 Å². The second kappa shape index (κ2) is 7.95. The molecule has 0 unspecified atom stereocenters. The van der Waals surface area contributed by atoms with Crippen molar-refractivity contribution in [2.75, 3.05) is 27.9 Å². The standard InChI is InChI=1S/C18H22N2O6/c1-18(10-19,12-5-6-12)20-15(21)9-26-17(22)11-7-13(23-2)16(25-4)14(8-11)24-3/h7-8,12H,5-6,9H2,1-4H3,(H,20,21)/t18-/m0/s1. The van der Waals surface area contributed by atoms with Crippen LogP contribution in [-0.4, -0.2) is 45.4 Å². The highest BCUT2D eigenvalue weighted by Gasteiger charge is 2.43. The number of amides is 1. The zero-order valence-electron chi connectivity index (χ0n) is 15.3. The molecule has 2 rings (SSSR count). The third-order valence-corrected chi connectivity index (χ3v) is 4.26. The average molecular weight is 362 g/mol. The largest absolute Gasteiger partial charge is 0.493 e. The fraction of sp³-hybridized carbons (Fsp3) is 0.500. The molecule has 0 bridgehead atoms. The van der Waals surface area contributed by atoms with Crippen molar-refractivity contribution in [1.82, 2.24) is 5.32 Å². The second-order valence-corrected chi connectivity index (χ2v) is 6.13. The maximum atomic E-state index is 12.2. The van der Waals surface area contributed by atoms with Crippen molar-refractivity contribution in [3.63, 3.8) is 0 Å². The van der Waals surface area contributed by atoms with E-state index in [-0.39, 0.29) is 11.5 Å². The quantitative estimate of drug-likeness (QED) is 0.701. The van der Waals surface area contributed by atoms with Gasteiger partial charge in [0.15, 0.2) is 18.1 Å². The fourth-order valence-electron chi connectivity index (χ4n) is 2.62. The van der Waals surface area contributed by atoms with Crippen LogP contribution in [0.25, 0.3) is 0 Å². The number of carbonyl (C=O) groups excluding carboxylic acids is 2. The van der Waals surface area contributed by atoms with Crippen molar-refractivity contribution in [1.29, 1.82) is 5.26 Å². The number of benzene rings is 1. The van der Waals surface area contributed by atoms with E-state index in [1.165, 1.54) is 33.5 Å². The summed E-state index contributed by atoms with van der Waals surface area (Å²) in [5.41, 5.74) is -0.784. The molecular formula is C18H22N2O6. The Balaban J connectivity index is 2.03. The molecule has 1 amide bonds. The molecule has 0 radical (unpaired) electrons. The number of esters is 1. The van der Waals surface area contributed by atoms with E-state index in [4.69, 9.17) is 18.9 Å². The highest BCUT2D eigenvalue weighted by atomic mass is 16.5. The smallest absolute Gasteiger partial charge is 0.338 e. The summed E-state index contributed by atoms with van der Waals surface area (Å²) >= 11 is 0. The zero-order chi connectivity index (χ0) is 19.3. The summed E-state index contributed by atoms with van der Waals surface area (Å²) < 4.78 is 20.6. The van der Waals surface area contributed by atoms with Gasteiger partial charge in [-0.25, -0.2) is 4.79 Å². The molecule has 1 fully saturated rings. The molecule has 1 aliphatic rings. The minimum Gasteiger partial charge on any atom is -0.493 e. The SMILES string of the molecule is COc1cc(C(=O)OCC(=O)N[C@@](C)(C#N)C2CC2)cc(OC)c1OC. The first-order chi connectivity index (χ1) is 12.4. The van der Waals surface area contributed by atoms with E-state index in [0.717, 1.165) is 12.8 Å². The Bertz CT molecular complexity index is 713. The second-order valence-electron chi connectivity index (χ2n) is 6.13. The van der Waals surface area contributed by atoms with E-state index in [9.17, 15) is 14.9 Å². The predicted octanol–water partition coefficient (Wildman–Crippen LogP) is 1.68. The van der Waals surface area contributed by atoms with Crippen LogP contribution in [0.1, 0.15) is 30.1 Å². The minimum absolute atomic E-state index is 0.141. The molecule has 1 aromatic rings. The van der Waals surface area contributed by atoms with E-state index in [2.05, 4.69) is 11.4 Å². The molecule has 1 N–H and O–H groups in total. The molecule has 1 aliphatic carbocycles. The number of carbonyl (C=O) groups is 2. The molecule has 8 nitrogen and oxygen atoms in total. The molecule has 26 heavy (non-hydrogen) atoms. The van der Waals surface area contributed by atoms with Gasteiger partial charge >= 0.3 is 5.97 Å². The lowest BCUT2D eigenvalue weighted by Crippen LogP contribution is -2.48. The van der Waals surface area contributed by atoms with Crippen LogP contribution in [0.3, 0.4) is 0 Å². The van der Waals surface area contributed by atoms with Gasteiger partial charge < -0.3 is 24.3 Å². The molecule has 0 saturated heterocycles. The maximum absolute atomic E-state index is 12.2. The van der Waals surface area contributed by atoms with E-state index >= 15 is 0 Å². The molecule has 1 saturated carbocycles. The summed E-state index contributed by atoms with van der Waals surface area (Å²) in [5.74, 6) is -0.157. The van der Waals surface area contributed by atoms with Gasteiger partial charge in [-0.2, -0.15) is 5.26 Å². The fourth-order valence-corrected chi connectivity index (χ4v) is 2.62. The molecule has 0 spiro atoms. The van der Waals surface area contributed by atoms with Gasteiger partial charge in [0.2, 0.25) is 5.75 Å². The number of hydrogen-bond acceptors (Lipinski definition) is 7. The van der Waals surface area contributed by atoms with Crippen LogP contribution in [0.2, 0.25) is 0 Å². The van der Waals surface area contributed by atoms with Crippen LogP contribution >= 0.6 is 0 Å². The van der Waals surface area contributed by atoms with Crippen molar-refractivity contribution < 1.29 is 28.5 Å². The van der Waals surface area contributed by atoms with Gasteiger partial charge in [0.05, 0.1) is 33.0 Å². The van der Waals surface area contributed by atoms with Crippen molar-refractivity contribution in [3.05, 3.63) is 17.7 Å². The summed E-state index contributed by atoms with van der Waals surface area (Å²) in [4.78, 5) is 24.3. The first-order valence-electron chi connectivity index (χ1n) is 8.08. The molecular weight excluding hydrogens is 340 g/mol. The number of nitrogens with zero attached hydrogens (tertiary/aromatic N) is 1. The zero-order valence-corrected chi connectivity index (χ0v) is 15.3. The number of rotatable bonds is 8. The summed E-state index contributed by atoms with van der Waals surface area (Å²) in [6.45, 7) is 1.18. The van der Waals surface area contributed by atoms with E-state index in [1.54, 1.807) is 6.92 Å². The van der Waals surface area contributed by atoms with E-state index < -0.39 is 24.0 Å². The Morgan fingerprint density at radius 3 is 2.19 bits per heavy atom. The van der Waals surface area contributed by atoms with Crippen LogP contribution in [0.15, 0.2) is 12.1 Å². The van der Waals surface area contributed by atoms with Crippen LogP contribution in [-0.2, 0) is 9.53 Å². The van der Waals surface area contributed by atoms with Crippen LogP contribution < -0.4 is 19.5 Å². The molecule has 1 atom stereocenters. The van der Waals surface area contributed by atoms with Crippen LogP contribution in [0.5, 0.6) is 17.2 Å². The van der Waals surface area contributed by atoms with Gasteiger partial charge in [0.25, 0.3) is 5.91 Å². The highest BCUT2D eigenvalue weighted by Crippen LogP contribution is 2.39. The number of methoxy groups -OCH3 is 3. The summed E-state index contributed by atoms with van der Waals surface area (Å²) in [6, 6.07) is 4.99. The molecule has 0 aliphatic heterocycles. The minimum atomic E-state index is -0.934.